The number of aliphatic hydroxyl groups excluding tert-OH is 1. The summed E-state index contributed by atoms with van der Waals surface area (Å²) in [7, 11) is 0. The monoisotopic (exact) mass is 813 g/mol. The second kappa shape index (κ2) is 17.6. The summed E-state index contributed by atoms with van der Waals surface area (Å²) >= 11 is 0. The molecular formula is C53H47N7O2. The van der Waals surface area contributed by atoms with Crippen molar-refractivity contribution in [3.05, 3.63) is 227 Å². The first-order chi connectivity index (χ1) is 30.5. The largest absolute Gasteiger partial charge is 0.394 e. The van der Waals surface area contributed by atoms with Crippen LogP contribution in [0.5, 0.6) is 0 Å². The molecule has 0 saturated carbocycles. The van der Waals surface area contributed by atoms with Crippen molar-refractivity contribution in [1.29, 1.82) is 0 Å². The molecule has 0 unspecified atom stereocenters. The lowest BCUT2D eigenvalue weighted by atomic mass is 9.77. The second-order valence-corrected chi connectivity index (χ2v) is 15.6. The number of amides is 1. The van der Waals surface area contributed by atoms with E-state index in [1.165, 1.54) is 0 Å². The third-order valence-electron chi connectivity index (χ3n) is 11.7. The summed E-state index contributed by atoms with van der Waals surface area (Å²) in [6.45, 7) is 4.52. The highest BCUT2D eigenvalue weighted by Crippen LogP contribution is 2.43. The van der Waals surface area contributed by atoms with E-state index < -0.39 is 11.6 Å². The molecule has 7 aromatic carbocycles. The van der Waals surface area contributed by atoms with Gasteiger partial charge in [-0.1, -0.05) is 177 Å². The van der Waals surface area contributed by atoms with Gasteiger partial charge >= 0.3 is 0 Å². The highest BCUT2D eigenvalue weighted by atomic mass is 16.3. The van der Waals surface area contributed by atoms with Gasteiger partial charge in [0.05, 0.1) is 23.7 Å². The van der Waals surface area contributed by atoms with Crippen LogP contribution in [0.1, 0.15) is 68.9 Å². The number of carbonyl (C=O) groups is 1. The fraction of sp³-hybridized carbons (Fsp3) is 0.151. The van der Waals surface area contributed by atoms with E-state index in [2.05, 4.69) is 131 Å². The predicted molar refractivity (Wildman–Crippen MR) is 245 cm³/mol. The smallest absolute Gasteiger partial charge is 0.251 e. The van der Waals surface area contributed by atoms with Gasteiger partial charge < -0.3 is 15.0 Å². The van der Waals surface area contributed by atoms with Crippen LogP contribution >= 0.6 is 0 Å². The summed E-state index contributed by atoms with van der Waals surface area (Å²) in [6.07, 6.45) is 1.73. The van der Waals surface area contributed by atoms with Crippen LogP contribution in [0.3, 0.4) is 0 Å². The molecule has 0 spiro atoms. The SMILES string of the molecule is CCCc1nc2c(C)cc(C(=O)N[C@@H](CO)c3ccccc3)cc2n1Cc1ccc(-c2ccccc2-c2nnnn2C(c2ccccc2)(c2ccccc2)c2ccccc2)cc1. The summed E-state index contributed by atoms with van der Waals surface area (Å²) in [6, 6.07) is 61.0. The fourth-order valence-electron chi connectivity index (χ4n) is 8.71. The zero-order valence-corrected chi connectivity index (χ0v) is 34.8. The molecule has 0 radical (unpaired) electrons. The molecule has 0 bridgehead atoms. The molecule has 306 valence electrons. The maximum Gasteiger partial charge on any atom is 0.251 e. The van der Waals surface area contributed by atoms with Crippen LogP contribution in [0.4, 0.5) is 0 Å². The Kier molecular flexibility index (Phi) is 11.4. The Balaban J connectivity index is 1.08. The average molecular weight is 814 g/mol. The molecule has 1 amide bonds. The molecule has 2 aromatic heterocycles. The topological polar surface area (TPSA) is 111 Å². The number of aromatic nitrogens is 6. The molecule has 2 N–H and O–H groups in total. The average Bonchev–Trinajstić information content (AvgIpc) is 3.96. The minimum atomic E-state index is -0.884. The summed E-state index contributed by atoms with van der Waals surface area (Å²) in [5.41, 5.74) is 10.3. The number of imidazole rings is 1. The van der Waals surface area contributed by atoms with Crippen molar-refractivity contribution in [1.82, 2.24) is 35.1 Å². The number of carbonyl (C=O) groups excluding carboxylic acids is 1. The van der Waals surface area contributed by atoms with E-state index in [9.17, 15) is 9.90 Å². The summed E-state index contributed by atoms with van der Waals surface area (Å²) < 4.78 is 4.21. The van der Waals surface area contributed by atoms with E-state index in [-0.39, 0.29) is 12.5 Å². The van der Waals surface area contributed by atoms with Gasteiger partial charge in [0.25, 0.3) is 5.91 Å². The molecule has 2 heterocycles. The van der Waals surface area contributed by atoms with E-state index in [1.807, 2.05) is 84.4 Å². The van der Waals surface area contributed by atoms with Crippen molar-refractivity contribution in [2.75, 3.05) is 6.61 Å². The maximum atomic E-state index is 13.7. The van der Waals surface area contributed by atoms with E-state index in [0.717, 1.165) is 79.8 Å². The van der Waals surface area contributed by atoms with E-state index in [4.69, 9.17) is 15.3 Å². The lowest BCUT2D eigenvalue weighted by molar-refractivity contribution is 0.0916. The van der Waals surface area contributed by atoms with E-state index in [1.54, 1.807) is 0 Å². The van der Waals surface area contributed by atoms with Crippen molar-refractivity contribution in [3.8, 4) is 22.5 Å². The number of nitrogens with zero attached hydrogens (tertiary/aromatic N) is 6. The summed E-state index contributed by atoms with van der Waals surface area (Å²) in [4.78, 5) is 18.8. The first-order valence-electron chi connectivity index (χ1n) is 21.1. The number of aryl methyl sites for hydroxylation is 2. The van der Waals surface area contributed by atoms with Crippen LogP contribution in [0, 0.1) is 6.92 Å². The van der Waals surface area contributed by atoms with Gasteiger partial charge in [-0.25, -0.2) is 9.67 Å². The van der Waals surface area contributed by atoms with Crippen molar-refractivity contribution in [2.24, 2.45) is 0 Å². The number of fused-ring (bicyclic) bond motifs is 1. The van der Waals surface area contributed by atoms with Crippen molar-refractivity contribution >= 4 is 16.9 Å². The van der Waals surface area contributed by atoms with E-state index >= 15 is 0 Å². The Bertz CT molecular complexity index is 2830. The Hall–Kier alpha value is -7.49. The molecule has 9 nitrogen and oxygen atoms in total. The number of aliphatic hydroxyl groups is 1. The second-order valence-electron chi connectivity index (χ2n) is 15.6. The molecule has 1 atom stereocenters. The quantitative estimate of drug-likeness (QED) is 0.106. The third-order valence-corrected chi connectivity index (χ3v) is 11.7. The Labute approximate surface area is 361 Å². The Morgan fingerprint density at radius 3 is 1.85 bits per heavy atom. The summed E-state index contributed by atoms with van der Waals surface area (Å²) in [5.74, 6) is 1.37. The Morgan fingerprint density at radius 2 is 1.27 bits per heavy atom. The first kappa shape index (κ1) is 39.9. The molecule has 0 saturated heterocycles. The van der Waals surface area contributed by atoms with Gasteiger partial charge in [-0.3, -0.25) is 4.79 Å². The van der Waals surface area contributed by atoms with E-state index in [0.29, 0.717) is 17.9 Å². The van der Waals surface area contributed by atoms with Crippen LogP contribution in [0.25, 0.3) is 33.5 Å². The molecule has 62 heavy (non-hydrogen) atoms. The minimum absolute atomic E-state index is 0.205. The van der Waals surface area contributed by atoms with Gasteiger partial charge in [-0.2, -0.15) is 0 Å². The van der Waals surface area contributed by atoms with Gasteiger partial charge in [-0.15, -0.1) is 5.10 Å². The molecule has 9 aromatic rings. The fourth-order valence-corrected chi connectivity index (χ4v) is 8.71. The number of nitrogens with one attached hydrogen (secondary N) is 1. The van der Waals surface area contributed by atoms with Crippen molar-refractivity contribution < 1.29 is 9.90 Å². The number of benzene rings is 7. The Morgan fingerprint density at radius 1 is 0.710 bits per heavy atom. The van der Waals surface area contributed by atoms with Crippen LogP contribution in [0.15, 0.2) is 182 Å². The predicted octanol–water partition coefficient (Wildman–Crippen LogP) is 9.97. The van der Waals surface area contributed by atoms with Crippen molar-refractivity contribution in [3.63, 3.8) is 0 Å². The number of tetrazole rings is 1. The zero-order valence-electron chi connectivity index (χ0n) is 34.8. The highest BCUT2D eigenvalue weighted by Gasteiger charge is 2.42. The van der Waals surface area contributed by atoms with Gasteiger partial charge in [0, 0.05) is 24.1 Å². The zero-order chi connectivity index (χ0) is 42.5. The lowest BCUT2D eigenvalue weighted by Crippen LogP contribution is -2.39. The van der Waals surface area contributed by atoms with Crippen LogP contribution in [0.2, 0.25) is 0 Å². The summed E-state index contributed by atoms with van der Waals surface area (Å²) in [5, 5.41) is 27.1. The van der Waals surface area contributed by atoms with Crippen LogP contribution in [-0.4, -0.2) is 47.4 Å². The normalized spacial score (nSPS) is 12.0. The highest BCUT2D eigenvalue weighted by molar-refractivity contribution is 5.98. The molecule has 0 aliphatic rings. The maximum absolute atomic E-state index is 13.7. The number of rotatable bonds is 14. The van der Waals surface area contributed by atoms with Crippen LogP contribution in [-0.2, 0) is 18.5 Å². The number of hydrogen-bond donors (Lipinski definition) is 2. The number of hydrogen-bond acceptors (Lipinski definition) is 6. The molecule has 0 fully saturated rings. The van der Waals surface area contributed by atoms with Gasteiger partial charge in [0.15, 0.2) is 5.82 Å². The standard InChI is InChI=1S/C53H47N7O2/c1-3-18-49-55-50-37(2)33-41(52(62)54-47(36-61)40-19-8-4-9-20-40)34-48(50)59(49)35-38-29-31-39(32-30-38)45-27-16-17-28-46(45)51-56-57-58-60(51)53(42-21-10-5-11-22-42,43-23-12-6-13-24-43)44-25-14-7-15-26-44/h4-17,19-34,47,61H,3,18,35-36H2,1-2H3,(H,54,62)/t47-/m0/s1. The molecule has 0 aliphatic carbocycles. The van der Waals surface area contributed by atoms with Crippen molar-refractivity contribution in [2.45, 2.75) is 44.8 Å². The molecule has 0 aliphatic heterocycles. The lowest BCUT2D eigenvalue weighted by Gasteiger charge is -2.36. The molecular weight excluding hydrogens is 767 g/mol. The van der Waals surface area contributed by atoms with Gasteiger partial charge in [0.1, 0.15) is 11.4 Å². The van der Waals surface area contributed by atoms with Gasteiger partial charge in [0.2, 0.25) is 0 Å². The van der Waals surface area contributed by atoms with Crippen LogP contribution < -0.4 is 5.32 Å². The minimum Gasteiger partial charge on any atom is -0.394 e. The molecule has 9 rings (SSSR count). The third kappa shape index (κ3) is 7.48. The first-order valence-corrected chi connectivity index (χ1v) is 21.1. The van der Waals surface area contributed by atoms with Gasteiger partial charge in [-0.05, 0) is 80.4 Å². The molecule has 9 heteroatoms.